The van der Waals surface area contributed by atoms with Crippen molar-refractivity contribution in [3.8, 4) is 0 Å². The zero-order valence-electron chi connectivity index (χ0n) is 8.50. The van der Waals surface area contributed by atoms with Gasteiger partial charge in [-0.2, -0.15) is 0 Å². The van der Waals surface area contributed by atoms with Crippen LogP contribution in [0.1, 0.15) is 16.8 Å². The number of benzene rings is 1. The van der Waals surface area contributed by atoms with Gasteiger partial charge in [0.15, 0.2) is 0 Å². The molecule has 0 aliphatic carbocycles. The van der Waals surface area contributed by atoms with Crippen LogP contribution >= 0.6 is 11.6 Å². The second kappa shape index (κ2) is 4.80. The first-order valence-electron chi connectivity index (χ1n) is 5.00. The Morgan fingerprint density at radius 2 is 2.38 bits per heavy atom. The zero-order valence-corrected chi connectivity index (χ0v) is 9.26. The molecule has 1 heterocycles. The van der Waals surface area contributed by atoms with E-state index in [-0.39, 0.29) is 11.6 Å². The molecular weight excluding hydrogens is 233 g/mol. The van der Waals surface area contributed by atoms with Crippen LogP contribution in [-0.4, -0.2) is 25.2 Å². The summed E-state index contributed by atoms with van der Waals surface area (Å²) in [4.78, 5) is 11.7. The Morgan fingerprint density at radius 3 is 3.06 bits per heavy atom. The highest BCUT2D eigenvalue weighted by atomic mass is 35.5. The molecule has 0 aromatic heterocycles. The van der Waals surface area contributed by atoms with Crippen LogP contribution in [0.15, 0.2) is 18.2 Å². The summed E-state index contributed by atoms with van der Waals surface area (Å²) in [5.74, 6) is -1.02. The number of halogens is 2. The molecule has 16 heavy (non-hydrogen) atoms. The Kier molecular flexibility index (Phi) is 3.41. The highest BCUT2D eigenvalue weighted by molar-refractivity contribution is 6.31. The molecule has 1 aliphatic rings. The third kappa shape index (κ3) is 2.51. The van der Waals surface area contributed by atoms with E-state index < -0.39 is 11.7 Å². The summed E-state index contributed by atoms with van der Waals surface area (Å²) in [5.41, 5.74) is -0.0283. The van der Waals surface area contributed by atoms with Crippen LogP contribution in [0, 0.1) is 5.82 Å². The van der Waals surface area contributed by atoms with E-state index in [0.29, 0.717) is 18.2 Å². The second-order valence-corrected chi connectivity index (χ2v) is 4.09. The molecule has 1 aromatic rings. The zero-order chi connectivity index (χ0) is 11.5. The first kappa shape index (κ1) is 11.4. The quantitative estimate of drug-likeness (QED) is 0.863. The smallest absolute Gasteiger partial charge is 0.254 e. The molecule has 3 nitrogen and oxygen atoms in total. The van der Waals surface area contributed by atoms with Crippen LogP contribution in [0.5, 0.6) is 0 Å². The molecule has 1 saturated heterocycles. The molecule has 86 valence electrons. The van der Waals surface area contributed by atoms with E-state index in [9.17, 15) is 9.18 Å². The summed E-state index contributed by atoms with van der Waals surface area (Å²) in [5, 5.41) is 3.04. The summed E-state index contributed by atoms with van der Waals surface area (Å²) in [6.45, 7) is 1.11. The number of nitrogens with one attached hydrogen (secondary N) is 1. The lowest BCUT2D eigenvalue weighted by Gasteiger charge is -2.11. The maximum atomic E-state index is 13.3. The molecule has 1 unspecified atom stereocenters. The molecule has 0 bridgehead atoms. The van der Waals surface area contributed by atoms with Crippen LogP contribution in [0.25, 0.3) is 0 Å². The van der Waals surface area contributed by atoms with Crippen molar-refractivity contribution >= 4 is 17.5 Å². The SMILES string of the molecule is O=C(NC1CCOC1)c1cc(Cl)ccc1F. The van der Waals surface area contributed by atoms with Gasteiger partial charge in [0.25, 0.3) is 5.91 Å². The molecule has 0 saturated carbocycles. The standard InChI is InChI=1S/C11H11ClFNO2/c12-7-1-2-10(13)9(5-7)11(15)14-8-3-4-16-6-8/h1-2,5,8H,3-4,6H2,(H,14,15). The number of amides is 1. The Bertz CT molecular complexity index is 405. The topological polar surface area (TPSA) is 38.3 Å². The predicted octanol–water partition coefficient (Wildman–Crippen LogP) is 2.00. The number of carbonyl (C=O) groups excluding carboxylic acids is 1. The van der Waals surface area contributed by atoms with Gasteiger partial charge in [-0.05, 0) is 24.6 Å². The van der Waals surface area contributed by atoms with Crippen molar-refractivity contribution in [2.45, 2.75) is 12.5 Å². The summed E-state index contributed by atoms with van der Waals surface area (Å²) >= 11 is 5.71. The molecule has 2 rings (SSSR count). The lowest BCUT2D eigenvalue weighted by atomic mass is 10.1. The van der Waals surface area contributed by atoms with E-state index >= 15 is 0 Å². The molecule has 1 N–H and O–H groups in total. The molecule has 0 radical (unpaired) electrons. The highest BCUT2D eigenvalue weighted by Crippen LogP contribution is 2.15. The van der Waals surface area contributed by atoms with Gasteiger partial charge in [-0.3, -0.25) is 4.79 Å². The molecular formula is C11H11ClFNO2. The minimum Gasteiger partial charge on any atom is -0.379 e. The molecule has 1 atom stereocenters. The minimum atomic E-state index is -0.569. The largest absolute Gasteiger partial charge is 0.379 e. The molecule has 1 amide bonds. The summed E-state index contributed by atoms with van der Waals surface area (Å²) < 4.78 is 18.5. The third-order valence-corrected chi connectivity index (χ3v) is 2.67. The van der Waals surface area contributed by atoms with Crippen molar-refractivity contribution in [2.75, 3.05) is 13.2 Å². The lowest BCUT2D eigenvalue weighted by molar-refractivity contribution is 0.0926. The fraction of sp³-hybridized carbons (Fsp3) is 0.364. The first-order chi connectivity index (χ1) is 7.66. The Labute approximate surface area is 97.5 Å². The molecule has 5 heteroatoms. The first-order valence-corrected chi connectivity index (χ1v) is 5.38. The van der Waals surface area contributed by atoms with E-state index in [1.165, 1.54) is 18.2 Å². The van der Waals surface area contributed by atoms with E-state index in [4.69, 9.17) is 16.3 Å². The van der Waals surface area contributed by atoms with Crippen molar-refractivity contribution in [3.05, 3.63) is 34.6 Å². The highest BCUT2D eigenvalue weighted by Gasteiger charge is 2.20. The molecule has 0 spiro atoms. The minimum absolute atomic E-state index is 0.0283. The average molecular weight is 244 g/mol. The van der Waals surface area contributed by atoms with Gasteiger partial charge in [-0.1, -0.05) is 11.6 Å². The Hall–Kier alpha value is -1.13. The van der Waals surface area contributed by atoms with Crippen LogP contribution in [0.3, 0.4) is 0 Å². The number of carbonyl (C=O) groups is 1. The van der Waals surface area contributed by atoms with Gasteiger partial charge in [0.05, 0.1) is 18.2 Å². The van der Waals surface area contributed by atoms with Gasteiger partial charge in [0.2, 0.25) is 0 Å². The summed E-state index contributed by atoms with van der Waals surface area (Å²) in [6.07, 6.45) is 0.758. The Balaban J connectivity index is 2.10. The van der Waals surface area contributed by atoms with Gasteiger partial charge < -0.3 is 10.1 Å². The third-order valence-electron chi connectivity index (χ3n) is 2.44. The van der Waals surface area contributed by atoms with Crippen molar-refractivity contribution < 1.29 is 13.9 Å². The van der Waals surface area contributed by atoms with Gasteiger partial charge in [0, 0.05) is 11.6 Å². The van der Waals surface area contributed by atoms with Gasteiger partial charge in [0.1, 0.15) is 5.82 Å². The number of hydrogen-bond donors (Lipinski definition) is 1. The summed E-state index contributed by atoms with van der Waals surface area (Å²) in [7, 11) is 0. The van der Waals surface area contributed by atoms with E-state index in [1.807, 2.05) is 0 Å². The second-order valence-electron chi connectivity index (χ2n) is 3.66. The lowest BCUT2D eigenvalue weighted by Crippen LogP contribution is -2.35. The normalized spacial score (nSPS) is 19.8. The van der Waals surface area contributed by atoms with Crippen molar-refractivity contribution in [3.63, 3.8) is 0 Å². The van der Waals surface area contributed by atoms with Crippen LogP contribution in [-0.2, 0) is 4.74 Å². The summed E-state index contributed by atoms with van der Waals surface area (Å²) in [6, 6.07) is 3.88. The molecule has 1 aromatic carbocycles. The van der Waals surface area contributed by atoms with E-state index in [0.717, 1.165) is 6.42 Å². The maximum absolute atomic E-state index is 13.3. The fourth-order valence-electron chi connectivity index (χ4n) is 1.58. The molecule has 1 aliphatic heterocycles. The van der Waals surface area contributed by atoms with Crippen molar-refractivity contribution in [1.82, 2.24) is 5.32 Å². The van der Waals surface area contributed by atoms with E-state index in [2.05, 4.69) is 5.32 Å². The number of ether oxygens (including phenoxy) is 1. The Morgan fingerprint density at radius 1 is 1.56 bits per heavy atom. The van der Waals surface area contributed by atoms with Gasteiger partial charge >= 0.3 is 0 Å². The fourth-order valence-corrected chi connectivity index (χ4v) is 1.76. The average Bonchev–Trinajstić information content (AvgIpc) is 2.74. The van der Waals surface area contributed by atoms with Gasteiger partial charge in [-0.25, -0.2) is 4.39 Å². The van der Waals surface area contributed by atoms with Crippen molar-refractivity contribution in [2.24, 2.45) is 0 Å². The predicted molar refractivity (Wildman–Crippen MR) is 58.1 cm³/mol. The van der Waals surface area contributed by atoms with Crippen LogP contribution in [0.4, 0.5) is 4.39 Å². The monoisotopic (exact) mass is 243 g/mol. The number of rotatable bonds is 2. The number of hydrogen-bond acceptors (Lipinski definition) is 2. The van der Waals surface area contributed by atoms with Crippen molar-refractivity contribution in [1.29, 1.82) is 0 Å². The van der Waals surface area contributed by atoms with Crippen LogP contribution in [0.2, 0.25) is 5.02 Å². The molecule has 1 fully saturated rings. The van der Waals surface area contributed by atoms with Gasteiger partial charge in [-0.15, -0.1) is 0 Å². The van der Waals surface area contributed by atoms with E-state index in [1.54, 1.807) is 0 Å². The maximum Gasteiger partial charge on any atom is 0.254 e. The van der Waals surface area contributed by atoms with Crippen LogP contribution < -0.4 is 5.32 Å².